The number of benzene rings is 2. The van der Waals surface area contributed by atoms with Crippen LogP contribution in [0.15, 0.2) is 30.3 Å². The van der Waals surface area contributed by atoms with Crippen molar-refractivity contribution >= 4 is 5.97 Å². The zero-order valence-corrected chi connectivity index (χ0v) is 19.6. The fourth-order valence-electron chi connectivity index (χ4n) is 5.31. The van der Waals surface area contributed by atoms with Crippen molar-refractivity contribution in [1.82, 2.24) is 0 Å². The standard InChI is InChI=1S/C27H31F3O4/c1-32-19-8-5-17(6-9-19)21-12-13-22(26(30)25(21)29)27(31)34-20-10-3-16(4-11-20)18-7-14-24(33-2)23(28)15-18/h7,12-17,19-20H,3-6,8-11H2,1-2H3. The van der Waals surface area contributed by atoms with Gasteiger partial charge >= 0.3 is 5.97 Å². The number of methoxy groups -OCH3 is 2. The zero-order valence-electron chi connectivity index (χ0n) is 19.6. The minimum absolute atomic E-state index is 0.0796. The molecule has 0 aromatic heterocycles. The molecule has 7 heteroatoms. The summed E-state index contributed by atoms with van der Waals surface area (Å²) in [5.41, 5.74) is 0.827. The molecule has 2 aliphatic carbocycles. The lowest BCUT2D eigenvalue weighted by molar-refractivity contribution is 0.0189. The molecule has 0 atom stereocenters. The summed E-state index contributed by atoms with van der Waals surface area (Å²) in [6, 6.07) is 7.80. The van der Waals surface area contributed by atoms with Gasteiger partial charge in [0, 0.05) is 7.11 Å². The maximum Gasteiger partial charge on any atom is 0.341 e. The molecule has 2 fully saturated rings. The van der Waals surface area contributed by atoms with Crippen molar-refractivity contribution in [1.29, 1.82) is 0 Å². The average Bonchev–Trinajstić information content (AvgIpc) is 2.86. The van der Waals surface area contributed by atoms with Gasteiger partial charge in [0.15, 0.2) is 23.2 Å². The Morgan fingerprint density at radius 2 is 1.44 bits per heavy atom. The van der Waals surface area contributed by atoms with Gasteiger partial charge in [-0.05, 0) is 92.5 Å². The van der Waals surface area contributed by atoms with Gasteiger partial charge in [0.2, 0.25) is 0 Å². The maximum atomic E-state index is 14.8. The first-order valence-electron chi connectivity index (χ1n) is 12.0. The Morgan fingerprint density at radius 3 is 2.06 bits per heavy atom. The van der Waals surface area contributed by atoms with E-state index < -0.39 is 23.4 Å². The van der Waals surface area contributed by atoms with E-state index in [1.165, 1.54) is 25.3 Å². The van der Waals surface area contributed by atoms with E-state index in [2.05, 4.69) is 0 Å². The van der Waals surface area contributed by atoms with E-state index in [9.17, 15) is 18.0 Å². The van der Waals surface area contributed by atoms with E-state index in [4.69, 9.17) is 14.2 Å². The zero-order chi connectivity index (χ0) is 24.2. The summed E-state index contributed by atoms with van der Waals surface area (Å²) in [4.78, 5) is 12.6. The maximum absolute atomic E-state index is 14.8. The van der Waals surface area contributed by atoms with Crippen LogP contribution in [0.2, 0.25) is 0 Å². The Labute approximate surface area is 198 Å². The molecule has 0 saturated heterocycles. The first-order valence-corrected chi connectivity index (χ1v) is 12.0. The van der Waals surface area contributed by atoms with Crippen LogP contribution >= 0.6 is 0 Å². The van der Waals surface area contributed by atoms with E-state index >= 15 is 0 Å². The van der Waals surface area contributed by atoms with Gasteiger partial charge in [-0.1, -0.05) is 12.1 Å². The van der Waals surface area contributed by atoms with Crippen LogP contribution in [0.5, 0.6) is 5.75 Å². The van der Waals surface area contributed by atoms with Crippen LogP contribution in [0.25, 0.3) is 0 Å². The van der Waals surface area contributed by atoms with Crippen LogP contribution in [0.4, 0.5) is 13.2 Å². The molecule has 0 radical (unpaired) electrons. The predicted octanol–water partition coefficient (Wildman–Crippen LogP) is 6.67. The van der Waals surface area contributed by atoms with Gasteiger partial charge in [-0.3, -0.25) is 0 Å². The molecular formula is C27H31F3O4. The Balaban J connectivity index is 1.35. The summed E-state index contributed by atoms with van der Waals surface area (Å²) in [6.07, 6.45) is 5.42. The second kappa shape index (κ2) is 10.8. The smallest absolute Gasteiger partial charge is 0.341 e. The minimum Gasteiger partial charge on any atom is -0.494 e. The molecule has 184 valence electrons. The second-order valence-corrected chi connectivity index (χ2v) is 9.31. The molecule has 2 aliphatic rings. The highest BCUT2D eigenvalue weighted by Crippen LogP contribution is 2.38. The average molecular weight is 477 g/mol. The van der Waals surface area contributed by atoms with E-state index in [1.807, 2.05) is 6.07 Å². The van der Waals surface area contributed by atoms with E-state index in [1.54, 1.807) is 13.2 Å². The lowest BCUT2D eigenvalue weighted by Gasteiger charge is -2.29. The molecule has 2 saturated carbocycles. The third-order valence-electron chi connectivity index (χ3n) is 7.37. The third kappa shape index (κ3) is 5.24. The van der Waals surface area contributed by atoms with Crippen LogP contribution in [0.1, 0.15) is 84.7 Å². The fraction of sp³-hybridized carbons (Fsp3) is 0.519. The molecule has 0 heterocycles. The Kier molecular flexibility index (Phi) is 7.81. The number of carbonyl (C=O) groups excluding carboxylic acids is 1. The Hall–Kier alpha value is -2.54. The summed E-state index contributed by atoms with van der Waals surface area (Å²) in [6.45, 7) is 0. The SMILES string of the molecule is COc1ccc(C2CCC(OC(=O)c3ccc(C4CCC(OC)CC4)c(F)c3F)CC2)cc1F. The van der Waals surface area contributed by atoms with Gasteiger partial charge in [-0.25, -0.2) is 18.0 Å². The van der Waals surface area contributed by atoms with Gasteiger partial charge in [-0.15, -0.1) is 0 Å². The first kappa shape index (κ1) is 24.6. The molecular weight excluding hydrogens is 445 g/mol. The highest BCUT2D eigenvalue weighted by molar-refractivity contribution is 5.90. The Bertz CT molecular complexity index is 1010. The van der Waals surface area contributed by atoms with Gasteiger partial charge in [0.25, 0.3) is 0 Å². The van der Waals surface area contributed by atoms with Crippen LogP contribution in [-0.2, 0) is 9.47 Å². The number of rotatable bonds is 6. The third-order valence-corrected chi connectivity index (χ3v) is 7.37. The van der Waals surface area contributed by atoms with E-state index in [-0.39, 0.29) is 35.4 Å². The minimum atomic E-state index is -1.14. The van der Waals surface area contributed by atoms with Crippen molar-refractivity contribution in [3.63, 3.8) is 0 Å². The van der Waals surface area contributed by atoms with Crippen molar-refractivity contribution < 1.29 is 32.2 Å². The molecule has 4 rings (SSSR count). The van der Waals surface area contributed by atoms with Gasteiger partial charge in [-0.2, -0.15) is 0 Å². The molecule has 34 heavy (non-hydrogen) atoms. The van der Waals surface area contributed by atoms with Gasteiger partial charge in [0.1, 0.15) is 6.10 Å². The molecule has 0 spiro atoms. The predicted molar refractivity (Wildman–Crippen MR) is 122 cm³/mol. The molecule has 2 aromatic rings. The molecule has 0 aliphatic heterocycles. The number of carbonyl (C=O) groups is 1. The number of ether oxygens (including phenoxy) is 3. The van der Waals surface area contributed by atoms with Crippen molar-refractivity contribution in [2.24, 2.45) is 0 Å². The van der Waals surface area contributed by atoms with Crippen molar-refractivity contribution in [3.8, 4) is 5.75 Å². The lowest BCUT2D eigenvalue weighted by atomic mass is 9.82. The molecule has 0 N–H and O–H groups in total. The molecule has 0 bridgehead atoms. The van der Waals surface area contributed by atoms with Crippen LogP contribution in [-0.4, -0.2) is 32.4 Å². The summed E-state index contributed by atoms with van der Waals surface area (Å²) < 4.78 is 59.5. The molecule has 2 aromatic carbocycles. The second-order valence-electron chi connectivity index (χ2n) is 9.31. The number of hydrogen-bond acceptors (Lipinski definition) is 4. The van der Waals surface area contributed by atoms with E-state index in [0.717, 1.165) is 31.2 Å². The highest BCUT2D eigenvalue weighted by atomic mass is 19.2. The molecule has 0 amide bonds. The highest BCUT2D eigenvalue weighted by Gasteiger charge is 2.30. The van der Waals surface area contributed by atoms with Gasteiger partial charge in [0.05, 0.1) is 18.8 Å². The normalized spacial score (nSPS) is 25.1. The van der Waals surface area contributed by atoms with Crippen LogP contribution < -0.4 is 4.74 Å². The number of hydrogen-bond donors (Lipinski definition) is 0. The molecule has 0 unspecified atom stereocenters. The van der Waals surface area contributed by atoms with Crippen molar-refractivity contribution in [3.05, 3.63) is 64.5 Å². The topological polar surface area (TPSA) is 44.8 Å². The summed E-state index contributed by atoms with van der Waals surface area (Å²) in [5.74, 6) is -3.07. The first-order chi connectivity index (χ1) is 16.4. The van der Waals surface area contributed by atoms with Crippen LogP contribution in [0.3, 0.4) is 0 Å². The van der Waals surface area contributed by atoms with Crippen molar-refractivity contribution in [2.45, 2.75) is 75.4 Å². The summed E-state index contributed by atoms with van der Waals surface area (Å²) >= 11 is 0. The Morgan fingerprint density at radius 1 is 0.794 bits per heavy atom. The number of halogens is 3. The monoisotopic (exact) mass is 476 g/mol. The van der Waals surface area contributed by atoms with Crippen molar-refractivity contribution in [2.75, 3.05) is 14.2 Å². The van der Waals surface area contributed by atoms with E-state index in [0.29, 0.717) is 31.2 Å². The van der Waals surface area contributed by atoms with Crippen LogP contribution in [0, 0.1) is 17.5 Å². The van der Waals surface area contributed by atoms with Gasteiger partial charge < -0.3 is 14.2 Å². The number of esters is 1. The summed E-state index contributed by atoms with van der Waals surface area (Å²) in [7, 11) is 3.09. The largest absolute Gasteiger partial charge is 0.494 e. The lowest BCUT2D eigenvalue weighted by Crippen LogP contribution is -2.25. The molecule has 4 nitrogen and oxygen atoms in total. The quantitative estimate of drug-likeness (QED) is 0.437. The fourth-order valence-corrected chi connectivity index (χ4v) is 5.31. The summed E-state index contributed by atoms with van der Waals surface area (Å²) in [5, 5.41) is 0.